The Hall–Kier alpha value is -1.54. The number of carbonyl (C=O) groups excluding carboxylic acids is 1. The molecule has 0 aromatic carbocycles. The van der Waals surface area contributed by atoms with E-state index in [0.717, 1.165) is 43.4 Å². The maximum Gasteiger partial charge on any atom is 0.228 e. The molecule has 3 aromatic rings. The van der Waals surface area contributed by atoms with Crippen molar-refractivity contribution >= 4 is 39.9 Å². The number of hydrogen-bond donors (Lipinski definition) is 0. The van der Waals surface area contributed by atoms with Crippen LogP contribution in [0.3, 0.4) is 0 Å². The Bertz CT molecular complexity index is 803. The Labute approximate surface area is 159 Å². The first-order valence-corrected chi connectivity index (χ1v) is 10.9. The van der Waals surface area contributed by atoms with Gasteiger partial charge >= 0.3 is 0 Å². The van der Waals surface area contributed by atoms with E-state index in [9.17, 15) is 4.79 Å². The Kier molecular flexibility index (Phi) is 5.26. The van der Waals surface area contributed by atoms with Crippen LogP contribution >= 0.6 is 34.0 Å². The lowest BCUT2D eigenvalue weighted by Crippen LogP contribution is -2.48. The molecular formula is C18H19N3OS3. The van der Waals surface area contributed by atoms with E-state index in [0.29, 0.717) is 6.42 Å². The second-order valence-corrected chi connectivity index (χ2v) is 8.87. The van der Waals surface area contributed by atoms with Crippen LogP contribution in [0.25, 0.3) is 9.88 Å². The van der Waals surface area contributed by atoms with Crippen molar-refractivity contribution in [3.8, 4) is 9.88 Å². The SMILES string of the molecule is O=C(Cc1csc(-c2cccs2)n1)N1CCN(Cc2cccs2)CC1. The number of carbonyl (C=O) groups is 1. The van der Waals surface area contributed by atoms with E-state index < -0.39 is 0 Å². The van der Waals surface area contributed by atoms with E-state index in [2.05, 4.69) is 38.8 Å². The summed E-state index contributed by atoms with van der Waals surface area (Å²) in [5, 5.41) is 7.20. The van der Waals surface area contributed by atoms with Crippen LogP contribution in [-0.4, -0.2) is 46.9 Å². The molecule has 7 heteroatoms. The molecular weight excluding hydrogens is 370 g/mol. The highest BCUT2D eigenvalue weighted by atomic mass is 32.1. The fraction of sp³-hybridized carbons (Fsp3) is 0.333. The molecule has 0 aliphatic carbocycles. The second-order valence-electron chi connectivity index (χ2n) is 6.03. The Morgan fingerprint density at radius 2 is 1.84 bits per heavy atom. The van der Waals surface area contributed by atoms with Crippen LogP contribution in [0.5, 0.6) is 0 Å². The average molecular weight is 390 g/mol. The molecule has 0 bridgehead atoms. The quantitative estimate of drug-likeness (QED) is 0.666. The van der Waals surface area contributed by atoms with Crippen molar-refractivity contribution in [1.29, 1.82) is 0 Å². The van der Waals surface area contributed by atoms with Gasteiger partial charge in [0.2, 0.25) is 5.91 Å². The highest BCUT2D eigenvalue weighted by Gasteiger charge is 2.22. The molecule has 0 unspecified atom stereocenters. The number of thiophene rings is 2. The van der Waals surface area contributed by atoms with Crippen LogP contribution in [0.1, 0.15) is 10.6 Å². The van der Waals surface area contributed by atoms with Crippen LogP contribution in [-0.2, 0) is 17.8 Å². The third-order valence-electron chi connectivity index (χ3n) is 4.30. The Morgan fingerprint density at radius 3 is 2.56 bits per heavy atom. The van der Waals surface area contributed by atoms with Crippen LogP contribution < -0.4 is 0 Å². The molecule has 1 aliphatic rings. The summed E-state index contributed by atoms with van der Waals surface area (Å²) in [5.41, 5.74) is 0.888. The number of thiazole rings is 1. The molecule has 3 aromatic heterocycles. The summed E-state index contributed by atoms with van der Waals surface area (Å²) in [6.07, 6.45) is 0.410. The van der Waals surface area contributed by atoms with E-state index in [1.165, 1.54) is 9.75 Å². The zero-order valence-electron chi connectivity index (χ0n) is 13.8. The van der Waals surface area contributed by atoms with Gasteiger partial charge in [-0.25, -0.2) is 4.98 Å². The van der Waals surface area contributed by atoms with Gasteiger partial charge in [0.15, 0.2) is 0 Å². The van der Waals surface area contributed by atoms with Crippen LogP contribution in [0.4, 0.5) is 0 Å². The molecule has 0 spiro atoms. The summed E-state index contributed by atoms with van der Waals surface area (Å²) >= 11 is 5.10. The first-order valence-electron chi connectivity index (χ1n) is 8.29. The molecule has 1 aliphatic heterocycles. The fourth-order valence-corrected chi connectivity index (χ4v) is 5.33. The van der Waals surface area contributed by atoms with Gasteiger partial charge in [-0.1, -0.05) is 12.1 Å². The minimum atomic E-state index is 0.193. The predicted octanol–water partition coefficient (Wildman–Crippen LogP) is 3.82. The first-order chi connectivity index (χ1) is 12.3. The summed E-state index contributed by atoms with van der Waals surface area (Å²) in [7, 11) is 0. The number of rotatable bonds is 5. The molecule has 4 nitrogen and oxygen atoms in total. The molecule has 4 heterocycles. The van der Waals surface area contributed by atoms with E-state index in [1.54, 1.807) is 34.0 Å². The van der Waals surface area contributed by atoms with Crippen molar-refractivity contribution in [3.05, 3.63) is 51.0 Å². The van der Waals surface area contributed by atoms with Crippen LogP contribution in [0.15, 0.2) is 40.4 Å². The first kappa shape index (κ1) is 16.9. The molecule has 1 fully saturated rings. The summed E-state index contributed by atoms with van der Waals surface area (Å²) in [5.74, 6) is 0.193. The van der Waals surface area contributed by atoms with Crippen molar-refractivity contribution < 1.29 is 4.79 Å². The van der Waals surface area contributed by atoms with Crippen molar-refractivity contribution in [2.45, 2.75) is 13.0 Å². The Morgan fingerprint density at radius 1 is 1.04 bits per heavy atom. The fourth-order valence-electron chi connectivity index (χ4n) is 2.95. The van der Waals surface area contributed by atoms with Gasteiger partial charge in [-0.3, -0.25) is 9.69 Å². The number of nitrogens with zero attached hydrogens (tertiary/aromatic N) is 3. The van der Waals surface area contributed by atoms with Crippen molar-refractivity contribution in [3.63, 3.8) is 0 Å². The molecule has 1 amide bonds. The van der Waals surface area contributed by atoms with Crippen molar-refractivity contribution in [2.75, 3.05) is 26.2 Å². The van der Waals surface area contributed by atoms with Crippen molar-refractivity contribution in [1.82, 2.24) is 14.8 Å². The number of aromatic nitrogens is 1. The number of amides is 1. The van der Waals surface area contributed by atoms with E-state index in [1.807, 2.05) is 16.3 Å². The lowest BCUT2D eigenvalue weighted by molar-refractivity contribution is -0.132. The van der Waals surface area contributed by atoms with Crippen LogP contribution in [0.2, 0.25) is 0 Å². The molecule has 0 atom stereocenters. The summed E-state index contributed by atoms with van der Waals surface area (Å²) < 4.78 is 0. The van der Waals surface area contributed by atoms with Gasteiger partial charge < -0.3 is 4.90 Å². The summed E-state index contributed by atoms with van der Waals surface area (Å²) in [6, 6.07) is 8.37. The molecule has 0 saturated carbocycles. The average Bonchev–Trinajstić information content (AvgIpc) is 3.38. The van der Waals surface area contributed by atoms with E-state index in [4.69, 9.17) is 0 Å². The van der Waals surface area contributed by atoms with Gasteiger partial charge in [0.25, 0.3) is 0 Å². The van der Waals surface area contributed by atoms with Gasteiger partial charge in [-0.2, -0.15) is 0 Å². The van der Waals surface area contributed by atoms with Gasteiger partial charge in [0.1, 0.15) is 5.01 Å². The maximum atomic E-state index is 12.6. The lowest BCUT2D eigenvalue weighted by atomic mass is 10.2. The second kappa shape index (κ2) is 7.78. The smallest absolute Gasteiger partial charge is 0.228 e. The summed E-state index contributed by atoms with van der Waals surface area (Å²) in [6.45, 7) is 4.51. The topological polar surface area (TPSA) is 36.4 Å². The van der Waals surface area contributed by atoms with Crippen molar-refractivity contribution in [2.24, 2.45) is 0 Å². The molecule has 130 valence electrons. The zero-order chi connectivity index (χ0) is 17.1. The zero-order valence-corrected chi connectivity index (χ0v) is 16.2. The minimum absolute atomic E-state index is 0.193. The molecule has 1 saturated heterocycles. The monoisotopic (exact) mass is 389 g/mol. The highest BCUT2D eigenvalue weighted by Crippen LogP contribution is 2.28. The van der Waals surface area contributed by atoms with Gasteiger partial charge in [0, 0.05) is 43.0 Å². The van der Waals surface area contributed by atoms with Gasteiger partial charge in [0.05, 0.1) is 17.0 Å². The van der Waals surface area contributed by atoms with Gasteiger partial charge in [-0.15, -0.1) is 34.0 Å². The lowest BCUT2D eigenvalue weighted by Gasteiger charge is -2.34. The standard InChI is InChI=1S/C18H19N3OS3/c22-17(11-14-13-25-18(19-14)16-4-2-10-24-16)21-7-5-20(6-8-21)12-15-3-1-9-23-15/h1-4,9-10,13H,5-8,11-12H2. The molecule has 25 heavy (non-hydrogen) atoms. The maximum absolute atomic E-state index is 12.6. The largest absolute Gasteiger partial charge is 0.340 e. The number of piperazine rings is 1. The third kappa shape index (κ3) is 4.17. The molecule has 4 rings (SSSR count). The Balaban J connectivity index is 1.29. The minimum Gasteiger partial charge on any atom is -0.340 e. The predicted molar refractivity (Wildman–Crippen MR) is 105 cm³/mol. The van der Waals surface area contributed by atoms with E-state index >= 15 is 0 Å². The van der Waals surface area contributed by atoms with Crippen LogP contribution in [0, 0.1) is 0 Å². The normalized spacial score (nSPS) is 15.6. The third-order valence-corrected chi connectivity index (χ3v) is 7.09. The highest BCUT2D eigenvalue weighted by molar-refractivity contribution is 7.20. The van der Waals surface area contributed by atoms with Gasteiger partial charge in [-0.05, 0) is 22.9 Å². The summed E-state index contributed by atoms with van der Waals surface area (Å²) in [4.78, 5) is 24.2. The molecule has 0 N–H and O–H groups in total. The number of hydrogen-bond acceptors (Lipinski definition) is 6. The molecule has 0 radical (unpaired) electrons. The van der Waals surface area contributed by atoms with E-state index in [-0.39, 0.29) is 5.91 Å².